The number of nitrogens with one attached hydrogen (secondary N) is 1. The van der Waals surface area contributed by atoms with Crippen molar-refractivity contribution in [2.75, 3.05) is 18.0 Å². The lowest BCUT2D eigenvalue weighted by Crippen LogP contribution is -2.27. The molecule has 0 radical (unpaired) electrons. The quantitative estimate of drug-likeness (QED) is 0.621. The van der Waals surface area contributed by atoms with Crippen LogP contribution in [-0.2, 0) is 0 Å². The van der Waals surface area contributed by atoms with E-state index < -0.39 is 0 Å². The van der Waals surface area contributed by atoms with Crippen molar-refractivity contribution in [3.8, 4) is 0 Å². The summed E-state index contributed by atoms with van der Waals surface area (Å²) in [4.78, 5) is 6.47. The van der Waals surface area contributed by atoms with E-state index in [0.29, 0.717) is 11.3 Å². The topological polar surface area (TPSA) is 66.0 Å². The van der Waals surface area contributed by atoms with Gasteiger partial charge in [0, 0.05) is 24.8 Å². The van der Waals surface area contributed by atoms with Crippen LogP contribution in [0.4, 0.5) is 5.69 Å². The molecule has 2 heterocycles. The van der Waals surface area contributed by atoms with Gasteiger partial charge >= 0.3 is 0 Å². The molecule has 2 rings (SSSR count). The molecule has 0 saturated carbocycles. The van der Waals surface area contributed by atoms with Crippen molar-refractivity contribution in [2.45, 2.75) is 27.2 Å². The number of rotatable bonds is 2. The van der Waals surface area contributed by atoms with E-state index in [-0.39, 0.29) is 5.84 Å². The van der Waals surface area contributed by atoms with Gasteiger partial charge in [0.1, 0.15) is 5.84 Å². The summed E-state index contributed by atoms with van der Waals surface area (Å²) < 4.78 is 0. The average Bonchev–Trinajstić information content (AvgIpc) is 2.77. The Morgan fingerprint density at radius 2 is 2.22 bits per heavy atom. The van der Waals surface area contributed by atoms with E-state index in [1.807, 2.05) is 12.3 Å². The monoisotopic (exact) mass is 246 g/mol. The fourth-order valence-electron chi connectivity index (χ4n) is 2.55. The van der Waals surface area contributed by atoms with E-state index in [4.69, 9.17) is 11.1 Å². The summed E-state index contributed by atoms with van der Waals surface area (Å²) in [6, 6.07) is 1.82. The smallest absolute Gasteiger partial charge is 0.125 e. The molecule has 1 aromatic rings. The summed E-state index contributed by atoms with van der Waals surface area (Å²) in [6.07, 6.45) is 4.70. The van der Waals surface area contributed by atoms with E-state index in [9.17, 15) is 0 Å². The Labute approximate surface area is 109 Å². The van der Waals surface area contributed by atoms with Crippen molar-refractivity contribution in [3.63, 3.8) is 0 Å². The molecule has 1 fully saturated rings. The maximum absolute atomic E-state index is 7.64. The third kappa shape index (κ3) is 2.47. The Kier molecular flexibility index (Phi) is 3.28. The van der Waals surface area contributed by atoms with Crippen LogP contribution in [0.3, 0.4) is 0 Å². The first-order valence-electron chi connectivity index (χ1n) is 6.43. The lowest BCUT2D eigenvalue weighted by molar-refractivity contribution is 0.263. The first-order valence-corrected chi connectivity index (χ1v) is 6.43. The Bertz CT molecular complexity index is 447. The van der Waals surface area contributed by atoms with Crippen LogP contribution in [-0.4, -0.2) is 23.9 Å². The summed E-state index contributed by atoms with van der Waals surface area (Å²) in [5, 5.41) is 7.64. The molecule has 0 amide bonds. The van der Waals surface area contributed by atoms with Gasteiger partial charge in [-0.25, -0.2) is 0 Å². The number of hydrogen-bond donors (Lipinski definition) is 2. The minimum Gasteiger partial charge on any atom is -0.384 e. The molecule has 0 bridgehead atoms. The van der Waals surface area contributed by atoms with Crippen LogP contribution in [0.1, 0.15) is 32.8 Å². The first kappa shape index (κ1) is 12.9. The molecule has 0 aliphatic carbocycles. The summed E-state index contributed by atoms with van der Waals surface area (Å²) in [6.45, 7) is 8.91. The number of nitrogens with two attached hydrogens (primary N) is 1. The fraction of sp³-hybridized carbons (Fsp3) is 0.571. The zero-order chi connectivity index (χ0) is 13.3. The summed E-state index contributed by atoms with van der Waals surface area (Å²) in [5.41, 5.74) is 7.75. The number of hydrogen-bond acceptors (Lipinski definition) is 3. The second-order valence-corrected chi connectivity index (χ2v) is 6.10. The van der Waals surface area contributed by atoms with Gasteiger partial charge in [-0.1, -0.05) is 20.8 Å². The summed E-state index contributed by atoms with van der Waals surface area (Å²) >= 11 is 0. The van der Waals surface area contributed by atoms with Crippen LogP contribution in [0, 0.1) is 16.7 Å². The van der Waals surface area contributed by atoms with Gasteiger partial charge in [-0.2, -0.15) is 0 Å². The molecule has 1 atom stereocenters. The zero-order valence-corrected chi connectivity index (χ0v) is 11.4. The van der Waals surface area contributed by atoms with Gasteiger partial charge in [0.2, 0.25) is 0 Å². The van der Waals surface area contributed by atoms with Gasteiger partial charge < -0.3 is 10.6 Å². The molecule has 1 saturated heterocycles. The Morgan fingerprint density at radius 1 is 1.50 bits per heavy atom. The van der Waals surface area contributed by atoms with Crippen molar-refractivity contribution >= 4 is 11.5 Å². The fourth-order valence-corrected chi connectivity index (χ4v) is 2.55. The number of anilines is 1. The standard InChI is InChI=1S/C14H22N4/c1-14(2,3)10-5-7-18(9-10)12-8-17-6-4-11(12)13(15)16/h4,6,8,10H,5,7,9H2,1-3H3,(H3,15,16). The molecule has 0 aromatic carbocycles. The number of nitrogens with zero attached hydrogens (tertiary/aromatic N) is 2. The second-order valence-electron chi connectivity index (χ2n) is 6.10. The predicted octanol–water partition coefficient (Wildman–Crippen LogP) is 2.24. The predicted molar refractivity (Wildman–Crippen MR) is 75.0 cm³/mol. The van der Waals surface area contributed by atoms with Gasteiger partial charge in [0.25, 0.3) is 0 Å². The lowest BCUT2D eigenvalue weighted by Gasteiger charge is -2.28. The molecule has 1 unspecified atom stereocenters. The van der Waals surface area contributed by atoms with Crippen molar-refractivity contribution in [1.29, 1.82) is 5.41 Å². The molecule has 98 valence electrons. The van der Waals surface area contributed by atoms with Crippen LogP contribution in [0.15, 0.2) is 18.5 Å². The molecule has 4 nitrogen and oxygen atoms in total. The van der Waals surface area contributed by atoms with Crippen LogP contribution in [0.5, 0.6) is 0 Å². The highest BCUT2D eigenvalue weighted by Gasteiger charge is 2.32. The maximum atomic E-state index is 7.64. The largest absolute Gasteiger partial charge is 0.384 e. The van der Waals surface area contributed by atoms with E-state index in [1.54, 1.807) is 6.20 Å². The van der Waals surface area contributed by atoms with Gasteiger partial charge in [-0.3, -0.25) is 10.4 Å². The Morgan fingerprint density at radius 3 is 2.78 bits per heavy atom. The molecule has 4 heteroatoms. The zero-order valence-electron chi connectivity index (χ0n) is 11.4. The van der Waals surface area contributed by atoms with E-state index in [0.717, 1.165) is 24.3 Å². The molecule has 0 spiro atoms. The van der Waals surface area contributed by atoms with Gasteiger partial charge in [0.15, 0.2) is 0 Å². The van der Waals surface area contributed by atoms with Crippen LogP contribution in [0.2, 0.25) is 0 Å². The van der Waals surface area contributed by atoms with Crippen LogP contribution < -0.4 is 10.6 Å². The van der Waals surface area contributed by atoms with Crippen molar-refractivity contribution in [1.82, 2.24) is 4.98 Å². The summed E-state index contributed by atoms with van der Waals surface area (Å²) in [7, 11) is 0. The molecule has 1 aromatic heterocycles. The molecule has 1 aliphatic heterocycles. The normalized spacial score (nSPS) is 20.2. The number of nitrogen functional groups attached to an aromatic ring is 1. The van der Waals surface area contributed by atoms with Crippen LogP contribution >= 0.6 is 0 Å². The Balaban J connectivity index is 2.22. The average molecular weight is 246 g/mol. The van der Waals surface area contributed by atoms with Crippen molar-refractivity contribution in [3.05, 3.63) is 24.0 Å². The lowest BCUT2D eigenvalue weighted by atomic mass is 9.80. The highest BCUT2D eigenvalue weighted by Crippen LogP contribution is 2.36. The third-order valence-corrected chi connectivity index (χ3v) is 3.84. The summed E-state index contributed by atoms with van der Waals surface area (Å²) in [5.74, 6) is 0.795. The van der Waals surface area contributed by atoms with E-state index >= 15 is 0 Å². The second kappa shape index (κ2) is 4.59. The Hall–Kier alpha value is -1.58. The molecule has 1 aliphatic rings. The minimum atomic E-state index is 0.117. The maximum Gasteiger partial charge on any atom is 0.125 e. The molecule has 3 N–H and O–H groups in total. The number of pyridine rings is 1. The SMILES string of the molecule is CC(C)(C)C1CCN(c2cnccc2C(=N)N)C1. The van der Waals surface area contributed by atoms with Gasteiger partial charge in [-0.15, -0.1) is 0 Å². The number of amidine groups is 1. The minimum absolute atomic E-state index is 0.117. The van der Waals surface area contributed by atoms with Crippen molar-refractivity contribution < 1.29 is 0 Å². The van der Waals surface area contributed by atoms with E-state index in [1.165, 1.54) is 6.42 Å². The van der Waals surface area contributed by atoms with Gasteiger partial charge in [0.05, 0.1) is 11.9 Å². The number of aromatic nitrogens is 1. The first-order chi connectivity index (χ1) is 8.39. The van der Waals surface area contributed by atoms with Crippen LogP contribution in [0.25, 0.3) is 0 Å². The van der Waals surface area contributed by atoms with E-state index in [2.05, 4.69) is 30.7 Å². The molecular weight excluding hydrogens is 224 g/mol. The third-order valence-electron chi connectivity index (χ3n) is 3.84. The highest BCUT2D eigenvalue weighted by molar-refractivity contribution is 6.00. The van der Waals surface area contributed by atoms with Crippen molar-refractivity contribution in [2.24, 2.45) is 17.1 Å². The van der Waals surface area contributed by atoms with Gasteiger partial charge in [-0.05, 0) is 23.8 Å². The highest BCUT2D eigenvalue weighted by atomic mass is 15.2. The molecule has 18 heavy (non-hydrogen) atoms. The molecular formula is C14H22N4.